The van der Waals surface area contributed by atoms with Gasteiger partial charge in [0.2, 0.25) is 10.0 Å². The number of carbonyl (C=O) groups is 2. The Hall–Kier alpha value is -3.20. The van der Waals surface area contributed by atoms with E-state index in [1.165, 1.54) is 31.3 Å². The Bertz CT molecular complexity index is 1210. The second-order valence-corrected chi connectivity index (χ2v) is 8.71. The van der Waals surface area contributed by atoms with E-state index in [4.69, 9.17) is 11.6 Å². The van der Waals surface area contributed by atoms with Crippen LogP contribution in [0.4, 0.5) is 5.69 Å². The number of anilines is 1. The molecule has 0 radical (unpaired) electrons. The first kappa shape index (κ1) is 22.5. The molecule has 0 aliphatic carbocycles. The van der Waals surface area contributed by atoms with Gasteiger partial charge in [0.05, 0.1) is 5.02 Å². The van der Waals surface area contributed by atoms with Gasteiger partial charge < -0.3 is 10.6 Å². The van der Waals surface area contributed by atoms with E-state index in [9.17, 15) is 18.0 Å². The minimum Gasteiger partial charge on any atom is -0.355 e. The molecule has 0 fully saturated rings. The lowest BCUT2D eigenvalue weighted by atomic mass is 10.1. The van der Waals surface area contributed by atoms with Gasteiger partial charge in [-0.05, 0) is 42.0 Å². The van der Waals surface area contributed by atoms with Crippen molar-refractivity contribution in [2.24, 2.45) is 0 Å². The van der Waals surface area contributed by atoms with Crippen LogP contribution < -0.4 is 15.4 Å². The van der Waals surface area contributed by atoms with Crippen molar-refractivity contribution in [3.05, 3.63) is 94.5 Å². The van der Waals surface area contributed by atoms with Crippen LogP contribution in [0.25, 0.3) is 0 Å². The normalized spacial score (nSPS) is 11.0. The van der Waals surface area contributed by atoms with Crippen LogP contribution in [0.3, 0.4) is 0 Å². The molecule has 3 aromatic carbocycles. The van der Waals surface area contributed by atoms with E-state index in [1.54, 1.807) is 42.5 Å². The van der Waals surface area contributed by atoms with Crippen LogP contribution in [0.1, 0.15) is 26.3 Å². The fraction of sp³-hybridized carbons (Fsp3) is 0.0909. The van der Waals surface area contributed by atoms with Crippen molar-refractivity contribution in [1.82, 2.24) is 10.0 Å². The summed E-state index contributed by atoms with van der Waals surface area (Å²) in [5.74, 6) is -0.828. The molecule has 0 heterocycles. The Balaban J connectivity index is 1.80. The molecular weight excluding hydrogens is 438 g/mol. The zero-order valence-corrected chi connectivity index (χ0v) is 18.1. The van der Waals surface area contributed by atoms with E-state index in [-0.39, 0.29) is 27.9 Å². The lowest BCUT2D eigenvalue weighted by Crippen LogP contribution is -2.24. The standard InChI is InChI=1S/C22H20ClN3O4S/c1-24-21(27)16-8-5-9-18(12-16)26-22(28)17-10-11-19(23)20(13-17)31(29,30)25-14-15-6-3-2-4-7-15/h2-13,25H,14H2,1H3,(H,24,27)(H,26,28). The topological polar surface area (TPSA) is 104 Å². The molecule has 3 aromatic rings. The predicted molar refractivity (Wildman–Crippen MR) is 120 cm³/mol. The van der Waals surface area contributed by atoms with Gasteiger partial charge >= 0.3 is 0 Å². The largest absolute Gasteiger partial charge is 0.355 e. The first-order valence-corrected chi connectivity index (χ1v) is 11.1. The van der Waals surface area contributed by atoms with Gasteiger partial charge in [-0.25, -0.2) is 13.1 Å². The summed E-state index contributed by atoms with van der Waals surface area (Å²) in [6.45, 7) is 0.0855. The first-order chi connectivity index (χ1) is 14.8. The van der Waals surface area contributed by atoms with Crippen molar-refractivity contribution in [3.8, 4) is 0 Å². The highest BCUT2D eigenvalue weighted by molar-refractivity contribution is 7.89. The van der Waals surface area contributed by atoms with Gasteiger partial charge in [0.1, 0.15) is 4.90 Å². The molecule has 160 valence electrons. The summed E-state index contributed by atoms with van der Waals surface area (Å²) < 4.78 is 28.0. The van der Waals surface area contributed by atoms with Crippen molar-refractivity contribution in [2.75, 3.05) is 12.4 Å². The molecule has 7 nitrogen and oxygen atoms in total. The third-order valence-electron chi connectivity index (χ3n) is 4.40. The third-order valence-corrected chi connectivity index (χ3v) is 6.28. The number of amides is 2. The fourth-order valence-electron chi connectivity index (χ4n) is 2.79. The zero-order chi connectivity index (χ0) is 22.4. The van der Waals surface area contributed by atoms with Gasteiger partial charge in [0.25, 0.3) is 11.8 Å². The molecule has 3 N–H and O–H groups in total. The summed E-state index contributed by atoms with van der Waals surface area (Å²) in [6, 6.07) is 19.4. The number of rotatable bonds is 7. The SMILES string of the molecule is CNC(=O)c1cccc(NC(=O)c2ccc(Cl)c(S(=O)(=O)NCc3ccccc3)c2)c1. The van der Waals surface area contributed by atoms with E-state index in [1.807, 2.05) is 6.07 Å². The minimum atomic E-state index is -3.95. The van der Waals surface area contributed by atoms with Crippen LogP contribution in [0.15, 0.2) is 77.7 Å². The first-order valence-electron chi connectivity index (χ1n) is 9.27. The van der Waals surface area contributed by atoms with Gasteiger partial charge in [-0.2, -0.15) is 0 Å². The van der Waals surface area contributed by atoms with Gasteiger partial charge in [0.15, 0.2) is 0 Å². The van der Waals surface area contributed by atoms with Gasteiger partial charge in [-0.3, -0.25) is 9.59 Å². The lowest BCUT2D eigenvalue weighted by Gasteiger charge is -2.11. The Morgan fingerprint density at radius 2 is 1.58 bits per heavy atom. The van der Waals surface area contributed by atoms with Gasteiger partial charge in [-0.1, -0.05) is 48.0 Å². The van der Waals surface area contributed by atoms with Crippen molar-refractivity contribution in [2.45, 2.75) is 11.4 Å². The van der Waals surface area contributed by atoms with E-state index >= 15 is 0 Å². The number of sulfonamides is 1. The quantitative estimate of drug-likeness (QED) is 0.505. The van der Waals surface area contributed by atoms with Crippen LogP contribution >= 0.6 is 11.6 Å². The maximum Gasteiger partial charge on any atom is 0.255 e. The van der Waals surface area contributed by atoms with E-state index in [0.29, 0.717) is 11.3 Å². The Labute approximate surface area is 185 Å². The molecule has 0 unspecified atom stereocenters. The second kappa shape index (κ2) is 9.74. The molecule has 0 bridgehead atoms. The molecule has 0 saturated heterocycles. The van der Waals surface area contributed by atoms with E-state index in [2.05, 4.69) is 15.4 Å². The van der Waals surface area contributed by atoms with Crippen LogP contribution in [-0.4, -0.2) is 27.3 Å². The summed E-state index contributed by atoms with van der Waals surface area (Å²) >= 11 is 6.10. The van der Waals surface area contributed by atoms with Gasteiger partial charge in [-0.15, -0.1) is 0 Å². The summed E-state index contributed by atoms with van der Waals surface area (Å²) in [5.41, 5.74) is 1.67. The monoisotopic (exact) mass is 457 g/mol. The number of halogens is 1. The summed E-state index contributed by atoms with van der Waals surface area (Å²) in [6.07, 6.45) is 0. The minimum absolute atomic E-state index is 0.00118. The van der Waals surface area contributed by atoms with Crippen molar-refractivity contribution < 1.29 is 18.0 Å². The molecule has 0 spiro atoms. The van der Waals surface area contributed by atoms with Gasteiger partial charge in [0, 0.05) is 30.4 Å². The number of benzene rings is 3. The van der Waals surface area contributed by atoms with E-state index < -0.39 is 15.9 Å². The van der Waals surface area contributed by atoms with E-state index in [0.717, 1.165) is 5.56 Å². The predicted octanol–water partition coefficient (Wildman–Crippen LogP) is 3.43. The summed E-state index contributed by atoms with van der Waals surface area (Å²) in [4.78, 5) is 24.2. The molecular formula is C22H20ClN3O4S. The third kappa shape index (κ3) is 5.69. The molecule has 0 aliphatic rings. The number of hydrogen-bond donors (Lipinski definition) is 3. The fourth-order valence-corrected chi connectivity index (χ4v) is 4.33. The van der Waals surface area contributed by atoms with Crippen LogP contribution in [0.2, 0.25) is 5.02 Å². The van der Waals surface area contributed by atoms with Crippen LogP contribution in [-0.2, 0) is 16.6 Å². The lowest BCUT2D eigenvalue weighted by molar-refractivity contribution is 0.0961. The number of carbonyl (C=O) groups excluding carboxylic acids is 2. The average Bonchev–Trinajstić information content (AvgIpc) is 2.78. The zero-order valence-electron chi connectivity index (χ0n) is 16.6. The molecule has 3 rings (SSSR count). The van der Waals surface area contributed by atoms with Crippen LogP contribution in [0.5, 0.6) is 0 Å². The number of hydrogen-bond acceptors (Lipinski definition) is 4. The highest BCUT2D eigenvalue weighted by Crippen LogP contribution is 2.24. The van der Waals surface area contributed by atoms with Crippen molar-refractivity contribution in [3.63, 3.8) is 0 Å². The molecule has 0 saturated carbocycles. The average molecular weight is 458 g/mol. The molecule has 2 amide bonds. The van der Waals surface area contributed by atoms with Crippen molar-refractivity contribution >= 4 is 39.1 Å². The highest BCUT2D eigenvalue weighted by Gasteiger charge is 2.20. The molecule has 31 heavy (non-hydrogen) atoms. The Kier molecular flexibility index (Phi) is 7.06. The smallest absolute Gasteiger partial charge is 0.255 e. The number of nitrogens with one attached hydrogen (secondary N) is 3. The Morgan fingerprint density at radius 3 is 2.29 bits per heavy atom. The molecule has 0 atom stereocenters. The van der Waals surface area contributed by atoms with Crippen LogP contribution in [0, 0.1) is 0 Å². The molecule has 0 aromatic heterocycles. The molecule has 0 aliphatic heterocycles. The summed E-state index contributed by atoms with van der Waals surface area (Å²) in [5, 5.41) is 5.16. The molecule has 9 heteroatoms. The summed E-state index contributed by atoms with van der Waals surface area (Å²) in [7, 11) is -2.45. The maximum atomic E-state index is 12.7. The highest BCUT2D eigenvalue weighted by atomic mass is 35.5. The second-order valence-electron chi connectivity index (χ2n) is 6.57. The van der Waals surface area contributed by atoms with Crippen molar-refractivity contribution in [1.29, 1.82) is 0 Å². The maximum absolute atomic E-state index is 12.7. The Morgan fingerprint density at radius 1 is 0.871 bits per heavy atom.